The maximum atomic E-state index is 13.6. The van der Waals surface area contributed by atoms with Gasteiger partial charge in [0.05, 0.1) is 22.8 Å². The first kappa shape index (κ1) is 12.5. The molecule has 2 N–H and O–H groups in total. The van der Waals surface area contributed by atoms with E-state index in [0.717, 1.165) is 16.0 Å². The van der Waals surface area contributed by atoms with Gasteiger partial charge in [-0.25, -0.2) is 14.2 Å². The van der Waals surface area contributed by atoms with Crippen LogP contribution >= 0.6 is 11.3 Å². The minimum absolute atomic E-state index is 0.0633. The lowest BCUT2D eigenvalue weighted by Gasteiger charge is -2.06. The number of carboxylic acids is 1. The van der Waals surface area contributed by atoms with Gasteiger partial charge in [-0.05, 0) is 25.1 Å². The summed E-state index contributed by atoms with van der Waals surface area (Å²) >= 11 is 1.53. The van der Waals surface area contributed by atoms with Crippen molar-refractivity contribution < 1.29 is 14.3 Å². The zero-order valence-corrected chi connectivity index (χ0v) is 10.4. The van der Waals surface area contributed by atoms with Gasteiger partial charge in [-0.2, -0.15) is 0 Å². The average molecular weight is 266 g/mol. The second-order valence-electron chi connectivity index (χ2n) is 3.70. The molecule has 0 spiro atoms. The van der Waals surface area contributed by atoms with Crippen LogP contribution in [0.2, 0.25) is 0 Å². The van der Waals surface area contributed by atoms with Crippen LogP contribution in [0, 0.1) is 12.7 Å². The number of carbonyl (C=O) groups is 1. The van der Waals surface area contributed by atoms with E-state index in [1.165, 1.54) is 23.5 Å². The second kappa shape index (κ2) is 5.14. The van der Waals surface area contributed by atoms with Gasteiger partial charge < -0.3 is 10.4 Å². The number of thiazole rings is 1. The minimum Gasteiger partial charge on any atom is -0.478 e. The molecule has 94 valence electrons. The highest BCUT2D eigenvalue weighted by Crippen LogP contribution is 2.18. The van der Waals surface area contributed by atoms with E-state index < -0.39 is 11.8 Å². The number of aromatic carboxylic acids is 1. The molecule has 1 heterocycles. The van der Waals surface area contributed by atoms with Crippen LogP contribution in [-0.4, -0.2) is 16.1 Å². The van der Waals surface area contributed by atoms with Crippen LogP contribution in [-0.2, 0) is 6.54 Å². The Bertz CT molecular complexity index is 583. The predicted octanol–water partition coefficient (Wildman–Crippen LogP) is 2.90. The summed E-state index contributed by atoms with van der Waals surface area (Å²) in [7, 11) is 0. The van der Waals surface area contributed by atoms with E-state index in [4.69, 9.17) is 5.11 Å². The average Bonchev–Trinajstić information content (AvgIpc) is 2.73. The van der Waals surface area contributed by atoms with Crippen LogP contribution in [0.3, 0.4) is 0 Å². The molecule has 0 atom stereocenters. The van der Waals surface area contributed by atoms with Gasteiger partial charge in [-0.3, -0.25) is 0 Å². The van der Waals surface area contributed by atoms with Crippen LogP contribution in [0.15, 0.2) is 24.4 Å². The summed E-state index contributed by atoms with van der Waals surface area (Å²) in [5, 5.41) is 12.6. The van der Waals surface area contributed by atoms with Crippen molar-refractivity contribution in [3.05, 3.63) is 45.7 Å². The summed E-state index contributed by atoms with van der Waals surface area (Å²) in [5.74, 6) is -1.71. The molecule has 0 aliphatic carbocycles. The first-order chi connectivity index (χ1) is 8.56. The Kier molecular flexibility index (Phi) is 3.57. The lowest BCUT2D eigenvalue weighted by atomic mass is 10.2. The third-order valence-electron chi connectivity index (χ3n) is 2.34. The monoisotopic (exact) mass is 266 g/mol. The summed E-state index contributed by atoms with van der Waals surface area (Å²) in [6.45, 7) is 2.37. The summed E-state index contributed by atoms with van der Waals surface area (Å²) in [6.07, 6.45) is 1.73. The van der Waals surface area contributed by atoms with Crippen molar-refractivity contribution in [1.29, 1.82) is 0 Å². The largest absolute Gasteiger partial charge is 0.478 e. The summed E-state index contributed by atoms with van der Waals surface area (Å²) < 4.78 is 13.6. The quantitative estimate of drug-likeness (QED) is 0.893. The number of aryl methyl sites for hydroxylation is 1. The lowest BCUT2D eigenvalue weighted by Crippen LogP contribution is -2.02. The number of rotatable bonds is 4. The van der Waals surface area contributed by atoms with Crippen LogP contribution in [0.5, 0.6) is 0 Å². The molecule has 1 aromatic heterocycles. The number of anilines is 1. The number of aromatic nitrogens is 1. The third-order valence-corrected chi connectivity index (χ3v) is 3.25. The fraction of sp³-hybridized carbons (Fsp3) is 0.167. The van der Waals surface area contributed by atoms with Gasteiger partial charge in [0.15, 0.2) is 0 Å². The first-order valence-corrected chi connectivity index (χ1v) is 6.06. The fourth-order valence-corrected chi connectivity index (χ4v) is 2.20. The van der Waals surface area contributed by atoms with E-state index in [1.807, 2.05) is 6.92 Å². The number of carboxylic acid groups (broad SMARTS) is 1. The van der Waals surface area contributed by atoms with Crippen LogP contribution in [0.1, 0.15) is 20.2 Å². The van der Waals surface area contributed by atoms with Crippen molar-refractivity contribution in [2.75, 3.05) is 5.32 Å². The molecule has 0 fully saturated rings. The molecule has 1 aromatic carbocycles. The fourth-order valence-electron chi connectivity index (χ4n) is 1.46. The number of benzene rings is 1. The molecule has 2 rings (SSSR count). The maximum absolute atomic E-state index is 13.6. The summed E-state index contributed by atoms with van der Waals surface area (Å²) in [5.41, 5.74) is 0.220. The molecule has 0 bridgehead atoms. The topological polar surface area (TPSA) is 62.2 Å². The van der Waals surface area contributed by atoms with Gasteiger partial charge in [0.25, 0.3) is 0 Å². The van der Waals surface area contributed by atoms with E-state index in [1.54, 1.807) is 6.20 Å². The molecule has 0 radical (unpaired) electrons. The molecule has 2 aromatic rings. The summed E-state index contributed by atoms with van der Waals surface area (Å²) in [6, 6.07) is 3.79. The standard InChI is InChI=1S/C12H11FN2O2S/c1-7-14-5-9(18-7)6-15-11-3-2-8(12(16)17)4-10(11)13/h2-5,15H,6H2,1H3,(H,16,17). The van der Waals surface area contributed by atoms with Crippen molar-refractivity contribution >= 4 is 23.0 Å². The Morgan fingerprint density at radius 3 is 2.89 bits per heavy atom. The van der Waals surface area contributed by atoms with E-state index >= 15 is 0 Å². The van der Waals surface area contributed by atoms with Crippen LogP contribution in [0.4, 0.5) is 10.1 Å². The molecule has 6 heteroatoms. The smallest absolute Gasteiger partial charge is 0.335 e. The van der Waals surface area contributed by atoms with Crippen molar-refractivity contribution in [2.24, 2.45) is 0 Å². The molecular weight excluding hydrogens is 255 g/mol. The van der Waals surface area contributed by atoms with Gasteiger partial charge >= 0.3 is 5.97 Å². The van der Waals surface area contributed by atoms with Crippen molar-refractivity contribution in [1.82, 2.24) is 4.98 Å². The first-order valence-electron chi connectivity index (χ1n) is 5.24. The Morgan fingerprint density at radius 1 is 1.56 bits per heavy atom. The molecule has 0 amide bonds. The molecular formula is C12H11FN2O2S. The van der Waals surface area contributed by atoms with E-state index in [9.17, 15) is 9.18 Å². The number of nitrogens with one attached hydrogen (secondary N) is 1. The van der Waals surface area contributed by atoms with Crippen molar-refractivity contribution in [3.63, 3.8) is 0 Å². The minimum atomic E-state index is -1.14. The Balaban J connectivity index is 2.08. The van der Waals surface area contributed by atoms with Gasteiger partial charge in [-0.1, -0.05) is 0 Å². The molecule has 0 aliphatic heterocycles. The molecule has 0 saturated carbocycles. The van der Waals surface area contributed by atoms with E-state index in [0.29, 0.717) is 6.54 Å². The van der Waals surface area contributed by atoms with Crippen LogP contribution < -0.4 is 5.32 Å². The van der Waals surface area contributed by atoms with E-state index in [-0.39, 0.29) is 11.3 Å². The Labute approximate surface area is 107 Å². The van der Waals surface area contributed by atoms with Gasteiger partial charge in [0, 0.05) is 11.1 Å². The highest BCUT2D eigenvalue weighted by Gasteiger charge is 2.08. The predicted molar refractivity (Wildman–Crippen MR) is 67.5 cm³/mol. The second-order valence-corrected chi connectivity index (χ2v) is 5.02. The SMILES string of the molecule is Cc1ncc(CNc2ccc(C(=O)O)cc2F)s1. The van der Waals surface area contributed by atoms with Crippen molar-refractivity contribution in [3.8, 4) is 0 Å². The van der Waals surface area contributed by atoms with Gasteiger partial charge in [0.1, 0.15) is 5.82 Å². The lowest BCUT2D eigenvalue weighted by molar-refractivity contribution is 0.0696. The highest BCUT2D eigenvalue weighted by atomic mass is 32.1. The summed E-state index contributed by atoms with van der Waals surface area (Å²) in [4.78, 5) is 15.7. The molecule has 18 heavy (non-hydrogen) atoms. The molecule has 0 aliphatic rings. The zero-order valence-electron chi connectivity index (χ0n) is 9.61. The van der Waals surface area contributed by atoms with E-state index in [2.05, 4.69) is 10.3 Å². The Hall–Kier alpha value is -1.95. The van der Waals surface area contributed by atoms with Crippen molar-refractivity contribution in [2.45, 2.75) is 13.5 Å². The number of hydrogen-bond donors (Lipinski definition) is 2. The highest BCUT2D eigenvalue weighted by molar-refractivity contribution is 7.11. The van der Waals surface area contributed by atoms with Gasteiger partial charge in [-0.15, -0.1) is 11.3 Å². The van der Waals surface area contributed by atoms with Gasteiger partial charge in [0.2, 0.25) is 0 Å². The normalized spacial score (nSPS) is 10.3. The zero-order chi connectivity index (χ0) is 13.1. The number of halogens is 1. The third kappa shape index (κ3) is 2.84. The maximum Gasteiger partial charge on any atom is 0.335 e. The Morgan fingerprint density at radius 2 is 2.33 bits per heavy atom. The molecule has 0 unspecified atom stereocenters. The number of nitrogens with zero attached hydrogens (tertiary/aromatic N) is 1. The molecule has 4 nitrogen and oxygen atoms in total. The molecule has 0 saturated heterocycles. The van der Waals surface area contributed by atoms with Crippen LogP contribution in [0.25, 0.3) is 0 Å². The number of hydrogen-bond acceptors (Lipinski definition) is 4.